The number of hydrogen-bond donors (Lipinski definition) is 1. The van der Waals surface area contributed by atoms with E-state index in [0.717, 1.165) is 12.8 Å². The molecule has 3 nitrogen and oxygen atoms in total. The lowest BCUT2D eigenvalue weighted by Crippen LogP contribution is -2.41. The predicted octanol–water partition coefficient (Wildman–Crippen LogP) is 3.30. The fourth-order valence-electron chi connectivity index (χ4n) is 2.54. The Morgan fingerprint density at radius 3 is 2.84 bits per heavy atom. The van der Waals surface area contributed by atoms with Crippen LogP contribution in [0.3, 0.4) is 0 Å². The molecule has 1 aromatic rings. The fourth-order valence-corrected chi connectivity index (χ4v) is 2.54. The van der Waals surface area contributed by atoms with E-state index in [1.54, 1.807) is 12.1 Å². The highest BCUT2D eigenvalue weighted by Gasteiger charge is 2.28. The molecule has 1 aliphatic rings. The smallest absolute Gasteiger partial charge is 0.196 e. The summed E-state index contributed by atoms with van der Waals surface area (Å²) in [5, 5.41) is 0. The van der Waals surface area contributed by atoms with E-state index in [9.17, 15) is 4.39 Å². The van der Waals surface area contributed by atoms with Gasteiger partial charge in [-0.15, -0.1) is 0 Å². The number of para-hydroxylation sites is 1. The summed E-state index contributed by atoms with van der Waals surface area (Å²) < 4.78 is 13.9. The summed E-state index contributed by atoms with van der Waals surface area (Å²) in [6.07, 6.45) is 5.85. The molecule has 0 bridgehead atoms. The third kappa shape index (κ3) is 3.25. The van der Waals surface area contributed by atoms with Gasteiger partial charge < -0.3 is 10.6 Å². The Kier molecular flexibility index (Phi) is 4.77. The molecule has 0 amide bonds. The van der Waals surface area contributed by atoms with Crippen LogP contribution in [0.4, 0.5) is 10.1 Å². The Morgan fingerprint density at radius 2 is 2.11 bits per heavy atom. The van der Waals surface area contributed by atoms with Crippen molar-refractivity contribution in [3.63, 3.8) is 0 Å². The molecule has 0 radical (unpaired) electrons. The lowest BCUT2D eigenvalue weighted by molar-refractivity contribution is 0.557. The van der Waals surface area contributed by atoms with Gasteiger partial charge in [0.1, 0.15) is 5.82 Å². The Labute approximate surface area is 114 Å². The fraction of sp³-hybridized carbons (Fsp3) is 0.533. The Morgan fingerprint density at radius 1 is 1.32 bits per heavy atom. The second-order valence-electron chi connectivity index (χ2n) is 5.02. The van der Waals surface area contributed by atoms with Crippen molar-refractivity contribution in [1.29, 1.82) is 0 Å². The molecule has 1 aliphatic heterocycles. The van der Waals surface area contributed by atoms with Gasteiger partial charge in [-0.25, -0.2) is 4.39 Å². The molecule has 2 N–H and O–H groups in total. The first-order chi connectivity index (χ1) is 9.24. The molecule has 0 saturated heterocycles. The van der Waals surface area contributed by atoms with Crippen LogP contribution in [0.1, 0.15) is 39.0 Å². The van der Waals surface area contributed by atoms with E-state index >= 15 is 0 Å². The monoisotopic (exact) mass is 263 g/mol. The van der Waals surface area contributed by atoms with Crippen LogP contribution < -0.4 is 10.6 Å². The standard InChI is InChI=1S/C15H22FN3/c1-2-3-4-5-8-12-11-18-15(17)19(12)14-10-7-6-9-13(14)16/h6-7,9-10,12H,2-5,8,11H2,1H3,(H2,17,18). The minimum Gasteiger partial charge on any atom is -0.370 e. The van der Waals surface area contributed by atoms with Gasteiger partial charge in [0, 0.05) is 0 Å². The minimum absolute atomic E-state index is 0.203. The van der Waals surface area contributed by atoms with Gasteiger partial charge in [0.15, 0.2) is 5.96 Å². The average Bonchev–Trinajstić information content (AvgIpc) is 2.77. The van der Waals surface area contributed by atoms with Gasteiger partial charge in [0.05, 0.1) is 18.3 Å². The lowest BCUT2D eigenvalue weighted by Gasteiger charge is -2.26. The SMILES string of the molecule is CCCCCCC1CN=C(N)N1c1ccccc1F. The number of benzene rings is 1. The third-order valence-corrected chi connectivity index (χ3v) is 3.58. The average molecular weight is 263 g/mol. The van der Waals surface area contributed by atoms with E-state index < -0.39 is 0 Å². The van der Waals surface area contributed by atoms with Crippen LogP contribution >= 0.6 is 0 Å². The van der Waals surface area contributed by atoms with Crippen LogP contribution in [-0.2, 0) is 0 Å². The zero-order chi connectivity index (χ0) is 13.7. The van der Waals surface area contributed by atoms with Gasteiger partial charge in [-0.1, -0.05) is 44.7 Å². The van der Waals surface area contributed by atoms with E-state index in [1.165, 1.54) is 25.3 Å². The maximum absolute atomic E-state index is 13.9. The Bertz CT molecular complexity index is 445. The molecule has 0 fully saturated rings. The molecule has 4 heteroatoms. The van der Waals surface area contributed by atoms with E-state index in [-0.39, 0.29) is 11.9 Å². The van der Waals surface area contributed by atoms with Crippen LogP contribution in [0, 0.1) is 5.82 Å². The summed E-state index contributed by atoms with van der Waals surface area (Å²) in [6, 6.07) is 6.96. The zero-order valence-electron chi connectivity index (χ0n) is 11.5. The van der Waals surface area contributed by atoms with Crippen LogP contribution in [0.15, 0.2) is 29.3 Å². The number of hydrogen-bond acceptors (Lipinski definition) is 3. The van der Waals surface area contributed by atoms with E-state index in [0.29, 0.717) is 18.2 Å². The quantitative estimate of drug-likeness (QED) is 0.800. The normalized spacial score (nSPS) is 18.7. The van der Waals surface area contributed by atoms with Crippen molar-refractivity contribution in [1.82, 2.24) is 0 Å². The zero-order valence-corrected chi connectivity index (χ0v) is 11.5. The van der Waals surface area contributed by atoms with E-state index in [4.69, 9.17) is 5.73 Å². The van der Waals surface area contributed by atoms with Gasteiger partial charge in [0.2, 0.25) is 0 Å². The van der Waals surface area contributed by atoms with Crippen LogP contribution in [0.25, 0.3) is 0 Å². The van der Waals surface area contributed by atoms with Crippen molar-refractivity contribution in [3.05, 3.63) is 30.1 Å². The Balaban J connectivity index is 2.03. The maximum Gasteiger partial charge on any atom is 0.196 e. The minimum atomic E-state index is -0.235. The van der Waals surface area contributed by atoms with Crippen molar-refractivity contribution in [3.8, 4) is 0 Å². The van der Waals surface area contributed by atoms with Gasteiger partial charge in [-0.05, 0) is 18.6 Å². The molecule has 0 aliphatic carbocycles. The van der Waals surface area contributed by atoms with Crippen molar-refractivity contribution in [2.75, 3.05) is 11.4 Å². The topological polar surface area (TPSA) is 41.6 Å². The molecule has 104 valence electrons. The summed E-state index contributed by atoms with van der Waals surface area (Å²) in [5.41, 5.74) is 6.45. The van der Waals surface area contributed by atoms with E-state index in [2.05, 4.69) is 11.9 Å². The highest BCUT2D eigenvalue weighted by Crippen LogP contribution is 2.26. The molecular formula is C15H22FN3. The first-order valence-electron chi connectivity index (χ1n) is 7.07. The second kappa shape index (κ2) is 6.55. The van der Waals surface area contributed by atoms with Crippen LogP contribution in [-0.4, -0.2) is 18.5 Å². The number of halogens is 1. The van der Waals surface area contributed by atoms with Gasteiger partial charge >= 0.3 is 0 Å². The lowest BCUT2D eigenvalue weighted by atomic mass is 10.1. The molecule has 1 unspecified atom stereocenters. The van der Waals surface area contributed by atoms with Crippen LogP contribution in [0.2, 0.25) is 0 Å². The molecule has 1 heterocycles. The van der Waals surface area contributed by atoms with Crippen molar-refractivity contribution >= 4 is 11.6 Å². The van der Waals surface area contributed by atoms with Crippen molar-refractivity contribution in [2.45, 2.75) is 45.1 Å². The van der Waals surface area contributed by atoms with Gasteiger partial charge in [0.25, 0.3) is 0 Å². The summed E-state index contributed by atoms with van der Waals surface area (Å²) in [4.78, 5) is 6.12. The summed E-state index contributed by atoms with van der Waals surface area (Å²) in [7, 11) is 0. The van der Waals surface area contributed by atoms with Crippen molar-refractivity contribution in [2.24, 2.45) is 10.7 Å². The number of rotatable bonds is 6. The number of aliphatic imine (C=N–C) groups is 1. The van der Waals surface area contributed by atoms with Gasteiger partial charge in [-0.2, -0.15) is 0 Å². The second-order valence-corrected chi connectivity index (χ2v) is 5.02. The molecule has 0 saturated carbocycles. The van der Waals surface area contributed by atoms with Crippen LogP contribution in [0.5, 0.6) is 0 Å². The molecule has 0 spiro atoms. The number of guanidine groups is 1. The largest absolute Gasteiger partial charge is 0.370 e. The van der Waals surface area contributed by atoms with Gasteiger partial charge in [-0.3, -0.25) is 4.99 Å². The highest BCUT2D eigenvalue weighted by atomic mass is 19.1. The molecule has 0 aromatic heterocycles. The summed E-state index contributed by atoms with van der Waals surface area (Å²) in [6.45, 7) is 2.87. The molecule has 19 heavy (non-hydrogen) atoms. The summed E-state index contributed by atoms with van der Waals surface area (Å²) >= 11 is 0. The predicted molar refractivity (Wildman–Crippen MR) is 77.9 cm³/mol. The number of unbranched alkanes of at least 4 members (excludes halogenated alkanes) is 3. The summed E-state index contributed by atoms with van der Waals surface area (Å²) in [5.74, 6) is 0.201. The molecular weight excluding hydrogens is 241 g/mol. The number of nitrogens with two attached hydrogens (primary N) is 1. The molecule has 1 aromatic carbocycles. The first-order valence-corrected chi connectivity index (χ1v) is 7.07. The molecule has 2 rings (SSSR count). The van der Waals surface area contributed by atoms with Crippen molar-refractivity contribution < 1.29 is 4.39 Å². The maximum atomic E-state index is 13.9. The number of anilines is 1. The first kappa shape index (κ1) is 13.8. The highest BCUT2D eigenvalue weighted by molar-refractivity contribution is 5.97. The third-order valence-electron chi connectivity index (χ3n) is 3.58. The molecule has 1 atom stereocenters. The van der Waals surface area contributed by atoms with E-state index in [1.807, 2.05) is 11.0 Å². The Hall–Kier alpha value is -1.58. The number of nitrogens with zero attached hydrogens (tertiary/aromatic N) is 2.